The van der Waals surface area contributed by atoms with Crippen molar-refractivity contribution in [2.24, 2.45) is 5.41 Å². The van der Waals surface area contributed by atoms with Crippen LogP contribution in [0.5, 0.6) is 5.75 Å². The fourth-order valence-corrected chi connectivity index (χ4v) is 3.17. The van der Waals surface area contributed by atoms with Crippen LogP contribution in [0.2, 0.25) is 0 Å². The number of nitrogens with zero attached hydrogens (tertiary/aromatic N) is 1. The molecule has 7 nitrogen and oxygen atoms in total. The van der Waals surface area contributed by atoms with Gasteiger partial charge in [0.25, 0.3) is 0 Å². The maximum Gasteiger partial charge on any atom is 0.338 e. The number of esters is 1. The third-order valence-electron chi connectivity index (χ3n) is 4.81. The number of ether oxygens (including phenoxy) is 3. The van der Waals surface area contributed by atoms with Crippen LogP contribution in [0.4, 0.5) is 0 Å². The highest BCUT2D eigenvalue weighted by atomic mass is 16.5. The summed E-state index contributed by atoms with van der Waals surface area (Å²) in [5, 5.41) is 9.63. The molecule has 25 heavy (non-hydrogen) atoms. The second-order valence-electron chi connectivity index (χ2n) is 6.43. The fourth-order valence-electron chi connectivity index (χ4n) is 3.17. The molecule has 1 aromatic rings. The van der Waals surface area contributed by atoms with Crippen molar-refractivity contribution >= 4 is 11.9 Å². The Labute approximate surface area is 146 Å². The van der Waals surface area contributed by atoms with Gasteiger partial charge in [-0.3, -0.25) is 4.79 Å². The molecule has 1 unspecified atom stereocenters. The van der Waals surface area contributed by atoms with Crippen LogP contribution < -0.4 is 4.74 Å². The predicted molar refractivity (Wildman–Crippen MR) is 88.4 cm³/mol. The first kappa shape index (κ1) is 17.7. The van der Waals surface area contributed by atoms with Crippen LogP contribution in [0.25, 0.3) is 0 Å². The van der Waals surface area contributed by atoms with E-state index in [2.05, 4.69) is 0 Å². The smallest absolute Gasteiger partial charge is 0.338 e. The Morgan fingerprint density at radius 2 is 2.16 bits per heavy atom. The maximum absolute atomic E-state index is 12.9. The van der Waals surface area contributed by atoms with Crippen LogP contribution in [-0.4, -0.2) is 61.5 Å². The molecule has 7 heteroatoms. The van der Waals surface area contributed by atoms with Crippen LogP contribution in [0.3, 0.4) is 0 Å². The molecule has 136 valence electrons. The van der Waals surface area contributed by atoms with Crippen molar-refractivity contribution in [3.05, 3.63) is 29.3 Å². The van der Waals surface area contributed by atoms with Crippen LogP contribution in [0.1, 0.15) is 35.8 Å². The topological polar surface area (TPSA) is 85.3 Å². The van der Waals surface area contributed by atoms with Crippen LogP contribution in [-0.2, 0) is 14.3 Å². The second-order valence-corrected chi connectivity index (χ2v) is 6.43. The Hall–Kier alpha value is -2.12. The van der Waals surface area contributed by atoms with Gasteiger partial charge < -0.3 is 24.2 Å². The molecule has 2 aliphatic heterocycles. The SMILES string of the molecule is CCOC(=O)c1ccc2c(c1)OCCN(C(=O)C1(CO)COC1)C2C. The minimum Gasteiger partial charge on any atom is -0.491 e. The van der Waals surface area contributed by atoms with E-state index >= 15 is 0 Å². The van der Waals surface area contributed by atoms with Crippen molar-refractivity contribution < 1.29 is 28.9 Å². The molecule has 1 saturated heterocycles. The van der Waals surface area contributed by atoms with Gasteiger partial charge in [-0.1, -0.05) is 6.07 Å². The Balaban J connectivity index is 1.86. The van der Waals surface area contributed by atoms with E-state index in [4.69, 9.17) is 14.2 Å². The predicted octanol–water partition coefficient (Wildman–Crippen LogP) is 1.15. The first-order valence-corrected chi connectivity index (χ1v) is 8.46. The van der Waals surface area contributed by atoms with Crippen LogP contribution >= 0.6 is 0 Å². The monoisotopic (exact) mass is 349 g/mol. The first-order chi connectivity index (χ1) is 12.0. The summed E-state index contributed by atoms with van der Waals surface area (Å²) in [6.45, 7) is 4.95. The normalized spacial score (nSPS) is 21.4. The molecule has 1 fully saturated rings. The standard InChI is InChI=1S/C18H23NO6/c1-3-24-16(21)13-4-5-14-12(2)19(6-7-25-15(14)8-13)17(22)18(9-20)10-23-11-18/h4-5,8,12,20H,3,6-7,9-11H2,1-2H3. The Bertz CT molecular complexity index is 664. The number of hydrogen-bond donors (Lipinski definition) is 1. The van der Waals surface area contributed by atoms with Gasteiger partial charge in [-0.05, 0) is 26.0 Å². The zero-order valence-electron chi connectivity index (χ0n) is 14.5. The van der Waals surface area contributed by atoms with Gasteiger partial charge in [0.05, 0.1) is 44.6 Å². The van der Waals surface area contributed by atoms with E-state index in [-0.39, 0.29) is 31.8 Å². The highest BCUT2D eigenvalue weighted by Crippen LogP contribution is 2.37. The van der Waals surface area contributed by atoms with Crippen molar-refractivity contribution in [1.82, 2.24) is 4.90 Å². The van der Waals surface area contributed by atoms with E-state index in [1.54, 1.807) is 30.0 Å². The lowest BCUT2D eigenvalue weighted by molar-refractivity contribution is -0.182. The number of aliphatic hydroxyl groups excluding tert-OH is 1. The van der Waals surface area contributed by atoms with Gasteiger partial charge in [-0.25, -0.2) is 4.79 Å². The number of hydrogen-bond acceptors (Lipinski definition) is 6. The van der Waals surface area contributed by atoms with E-state index in [9.17, 15) is 14.7 Å². The average molecular weight is 349 g/mol. The molecule has 0 aliphatic carbocycles. The molecule has 2 aliphatic rings. The molecule has 1 N–H and O–H groups in total. The van der Waals surface area contributed by atoms with Gasteiger partial charge in [0, 0.05) is 5.56 Å². The summed E-state index contributed by atoms with van der Waals surface area (Å²) in [5.41, 5.74) is 0.405. The lowest BCUT2D eigenvalue weighted by Gasteiger charge is -2.43. The van der Waals surface area contributed by atoms with Gasteiger partial charge in [0.15, 0.2) is 0 Å². The number of benzene rings is 1. The molecule has 2 heterocycles. The van der Waals surface area contributed by atoms with Crippen molar-refractivity contribution in [1.29, 1.82) is 0 Å². The molecule has 0 radical (unpaired) electrons. The molecular weight excluding hydrogens is 326 g/mol. The summed E-state index contributed by atoms with van der Waals surface area (Å²) in [7, 11) is 0. The number of fused-ring (bicyclic) bond motifs is 1. The van der Waals surface area contributed by atoms with Crippen molar-refractivity contribution in [3.63, 3.8) is 0 Å². The summed E-state index contributed by atoms with van der Waals surface area (Å²) in [4.78, 5) is 26.5. The van der Waals surface area contributed by atoms with Crippen molar-refractivity contribution in [2.45, 2.75) is 19.9 Å². The molecule has 1 amide bonds. The molecule has 3 rings (SSSR count). The number of carbonyl (C=O) groups excluding carboxylic acids is 2. The van der Waals surface area contributed by atoms with Gasteiger partial charge in [0.2, 0.25) is 5.91 Å². The number of carbonyl (C=O) groups is 2. The second kappa shape index (κ2) is 7.01. The largest absolute Gasteiger partial charge is 0.491 e. The Morgan fingerprint density at radius 1 is 1.40 bits per heavy atom. The van der Waals surface area contributed by atoms with Gasteiger partial charge >= 0.3 is 5.97 Å². The van der Waals surface area contributed by atoms with E-state index in [0.29, 0.717) is 31.1 Å². The summed E-state index contributed by atoms with van der Waals surface area (Å²) in [6, 6.07) is 4.90. The maximum atomic E-state index is 12.9. The molecule has 0 saturated carbocycles. The van der Waals surface area contributed by atoms with E-state index in [1.165, 1.54) is 0 Å². The van der Waals surface area contributed by atoms with E-state index < -0.39 is 11.4 Å². The quantitative estimate of drug-likeness (QED) is 0.821. The highest BCUT2D eigenvalue weighted by molar-refractivity contribution is 5.90. The van der Waals surface area contributed by atoms with Crippen LogP contribution in [0.15, 0.2) is 18.2 Å². The average Bonchev–Trinajstić information content (AvgIpc) is 2.73. The van der Waals surface area contributed by atoms with Gasteiger partial charge in [-0.15, -0.1) is 0 Å². The van der Waals surface area contributed by atoms with E-state index in [1.807, 2.05) is 6.92 Å². The lowest BCUT2D eigenvalue weighted by Crippen LogP contribution is -2.58. The Kier molecular flexibility index (Phi) is 4.96. The minimum atomic E-state index is -0.844. The third-order valence-corrected chi connectivity index (χ3v) is 4.81. The first-order valence-electron chi connectivity index (χ1n) is 8.46. The number of rotatable bonds is 4. The summed E-state index contributed by atoms with van der Waals surface area (Å²) in [6.07, 6.45) is 0. The van der Waals surface area contributed by atoms with Gasteiger partial charge in [0.1, 0.15) is 17.8 Å². The molecule has 0 bridgehead atoms. The summed E-state index contributed by atoms with van der Waals surface area (Å²) in [5.74, 6) is 0.0560. The Morgan fingerprint density at radius 3 is 2.76 bits per heavy atom. The van der Waals surface area contributed by atoms with Crippen molar-refractivity contribution in [2.75, 3.05) is 39.6 Å². The molecular formula is C18H23NO6. The number of aliphatic hydroxyl groups is 1. The van der Waals surface area contributed by atoms with Crippen LogP contribution in [0, 0.1) is 5.41 Å². The molecule has 0 spiro atoms. The molecule has 0 aromatic heterocycles. The zero-order valence-corrected chi connectivity index (χ0v) is 14.5. The zero-order chi connectivity index (χ0) is 18.0. The lowest BCUT2D eigenvalue weighted by atomic mass is 9.84. The third kappa shape index (κ3) is 3.09. The van der Waals surface area contributed by atoms with Crippen molar-refractivity contribution in [3.8, 4) is 5.75 Å². The molecule has 1 aromatic carbocycles. The molecule has 1 atom stereocenters. The summed E-state index contributed by atoms with van der Waals surface area (Å²) < 4.78 is 15.9. The number of amides is 1. The summed E-state index contributed by atoms with van der Waals surface area (Å²) >= 11 is 0. The van der Waals surface area contributed by atoms with Gasteiger partial charge in [-0.2, -0.15) is 0 Å². The minimum absolute atomic E-state index is 0.125. The highest BCUT2D eigenvalue weighted by Gasteiger charge is 2.49. The van der Waals surface area contributed by atoms with E-state index in [0.717, 1.165) is 5.56 Å². The fraction of sp³-hybridized carbons (Fsp3) is 0.556.